The van der Waals surface area contributed by atoms with Gasteiger partial charge in [0.25, 0.3) is 5.91 Å². The highest BCUT2D eigenvalue weighted by Crippen LogP contribution is 2.28. The van der Waals surface area contributed by atoms with Crippen molar-refractivity contribution in [2.45, 2.75) is 146 Å². The van der Waals surface area contributed by atoms with E-state index in [1.54, 1.807) is 36.4 Å². The topological polar surface area (TPSA) is 288 Å². The number of carbonyl (C=O) groups excluding carboxylic acids is 7. The molecule has 0 spiro atoms. The van der Waals surface area contributed by atoms with Crippen molar-refractivity contribution in [1.29, 1.82) is 0 Å². The molecule has 3 saturated heterocycles. The molecule has 8 atom stereocenters. The Hall–Kier alpha value is -7.35. The van der Waals surface area contributed by atoms with Gasteiger partial charge in [0.1, 0.15) is 47.8 Å². The third-order valence-electron chi connectivity index (χ3n) is 14.8. The number of hydrogen-bond donors (Lipinski definition) is 9. The van der Waals surface area contributed by atoms with Crippen molar-refractivity contribution in [2.75, 3.05) is 32.8 Å². The molecule has 0 aliphatic carbocycles. The summed E-state index contributed by atoms with van der Waals surface area (Å²) in [5, 5.41) is 34.9. The summed E-state index contributed by atoms with van der Waals surface area (Å²) in [4.78, 5) is 102. The molecule has 0 unspecified atom stereocenters. The maximum atomic E-state index is 14.4. The molecular weight excluding hydrogens is 995 g/mol. The summed E-state index contributed by atoms with van der Waals surface area (Å²) in [5.74, 6) is -3.61. The average molecular weight is 1070 g/mol. The Morgan fingerprint density at radius 2 is 1.35 bits per heavy atom. The molecule has 0 radical (unpaired) electrons. The molecular formula is C59H77N9O10. The van der Waals surface area contributed by atoms with E-state index in [9.17, 15) is 43.8 Å². The van der Waals surface area contributed by atoms with E-state index in [-0.39, 0.29) is 82.4 Å². The molecule has 4 aromatic carbocycles. The van der Waals surface area contributed by atoms with Gasteiger partial charge in [-0.05, 0) is 142 Å². The van der Waals surface area contributed by atoms with E-state index in [1.165, 1.54) is 41.7 Å². The van der Waals surface area contributed by atoms with E-state index in [0.29, 0.717) is 19.4 Å². The zero-order valence-electron chi connectivity index (χ0n) is 44.8. The van der Waals surface area contributed by atoms with Crippen LogP contribution in [0.1, 0.15) is 107 Å². The molecule has 3 fully saturated rings. The number of phenolic OH excluding ortho intramolecular Hbond substituents is 1. The van der Waals surface area contributed by atoms with Crippen molar-refractivity contribution in [2.24, 2.45) is 11.5 Å². The summed E-state index contributed by atoms with van der Waals surface area (Å²) in [7, 11) is 0. The Morgan fingerprint density at radius 3 is 1.99 bits per heavy atom. The standard InChI is InChI=1S/C59H77N9O10/c1-3-4-5-6-34-78-46-28-24-42(25-29-46)40-18-16-39(17-19-40)41-20-22-43(23-21-41)53(71)63-47-11-8-32-62-56(74)51-35-44(61)36-68(51)58(76)49(10-7-31-60)65-54(72)48(30-15-38-13-26-45(70)27-14-38)64-57(75)50-12-9-33-67(50)59(77)52(37(2)69)66-55(47)73/h13-14,16-29,37,44,47-52,69-70H,3-12,15,30-36,60-61H2,1-2H3,(H,62,74)(H,63,71)(H,64,75)(H,65,72)(H,66,73)/t37-,44+,47+,48+,49+,50+,51+,52+/m1/s1. The fourth-order valence-electron chi connectivity index (χ4n) is 10.3. The van der Waals surface area contributed by atoms with E-state index in [1.807, 2.05) is 48.5 Å². The van der Waals surface area contributed by atoms with Crippen LogP contribution in [-0.2, 0) is 35.2 Å². The van der Waals surface area contributed by atoms with Gasteiger partial charge in [0, 0.05) is 31.2 Å². The van der Waals surface area contributed by atoms with Gasteiger partial charge in [-0.25, -0.2) is 0 Å². The first-order valence-electron chi connectivity index (χ1n) is 27.6. The maximum Gasteiger partial charge on any atom is 0.251 e. The summed E-state index contributed by atoms with van der Waals surface area (Å²) in [5.41, 5.74) is 17.1. The number of hydrogen-bond acceptors (Lipinski definition) is 12. The second kappa shape index (κ2) is 28.3. The Kier molecular flexibility index (Phi) is 21.2. The third kappa shape index (κ3) is 15.7. The number of carbonyl (C=O) groups is 7. The van der Waals surface area contributed by atoms with E-state index < -0.39 is 89.7 Å². The Morgan fingerprint density at radius 1 is 0.705 bits per heavy atom. The van der Waals surface area contributed by atoms with Gasteiger partial charge in [0.05, 0.1) is 12.7 Å². The molecule has 19 nitrogen and oxygen atoms in total. The number of phenols is 1. The lowest BCUT2D eigenvalue weighted by Crippen LogP contribution is -2.61. The van der Waals surface area contributed by atoms with Gasteiger partial charge in [0.2, 0.25) is 35.4 Å². The Labute approximate surface area is 456 Å². The lowest BCUT2D eigenvalue weighted by atomic mass is 9.99. The van der Waals surface area contributed by atoms with Crippen LogP contribution in [0.2, 0.25) is 0 Å². The highest BCUT2D eigenvalue weighted by Gasteiger charge is 2.43. The molecule has 78 heavy (non-hydrogen) atoms. The molecule has 7 rings (SSSR count). The van der Waals surface area contributed by atoms with Crippen LogP contribution in [0.5, 0.6) is 11.5 Å². The van der Waals surface area contributed by atoms with Gasteiger partial charge in [-0.15, -0.1) is 0 Å². The predicted octanol–water partition coefficient (Wildman–Crippen LogP) is 3.82. The second-order valence-electron chi connectivity index (χ2n) is 20.7. The van der Waals surface area contributed by atoms with Crippen molar-refractivity contribution in [3.05, 3.63) is 108 Å². The number of nitrogens with two attached hydrogens (primary N) is 2. The zero-order chi connectivity index (χ0) is 55.7. The van der Waals surface area contributed by atoms with Crippen molar-refractivity contribution in [3.63, 3.8) is 0 Å². The van der Waals surface area contributed by atoms with Gasteiger partial charge in [0.15, 0.2) is 0 Å². The number of amides is 7. The normalized spacial score (nSPS) is 23.2. The van der Waals surface area contributed by atoms with Crippen LogP contribution in [0, 0.1) is 0 Å². The second-order valence-corrected chi connectivity index (χ2v) is 20.7. The number of rotatable bonds is 17. The van der Waals surface area contributed by atoms with Crippen LogP contribution < -0.4 is 42.8 Å². The average Bonchev–Trinajstić information content (AvgIpc) is 4.11. The predicted molar refractivity (Wildman–Crippen MR) is 295 cm³/mol. The first-order chi connectivity index (χ1) is 37.6. The fraction of sp³-hybridized carbons (Fsp3) is 0.475. The summed E-state index contributed by atoms with van der Waals surface area (Å²) in [6, 6.07) is 21.6. The number of aliphatic hydroxyl groups excluding tert-OH is 1. The number of aliphatic hydroxyl groups is 1. The number of aryl methyl sites for hydroxylation is 1. The molecule has 3 aliphatic rings. The molecule has 11 N–H and O–H groups in total. The SMILES string of the molecule is CCCCCCOc1ccc(-c2ccc(-c3ccc(C(=O)N[C@H]4CCCNC(=O)[C@@H]5C[C@H](N)CN5C(=O)[C@H](CCCN)NC(=O)[C@H](CCc5ccc(O)cc5)NC(=O)[C@@H]5CCCN5C(=O)[C@H]([C@@H](C)O)NC4=O)cc3)cc2)cc1. The summed E-state index contributed by atoms with van der Waals surface area (Å²) >= 11 is 0. The lowest BCUT2D eigenvalue weighted by molar-refractivity contribution is -0.144. The number of unbranched alkanes of at least 4 members (excludes halogenated alkanes) is 3. The first kappa shape index (κ1) is 58.3. The van der Waals surface area contributed by atoms with Crippen LogP contribution in [0.15, 0.2) is 97.1 Å². The number of fused-ring (bicyclic) bond motifs is 2. The largest absolute Gasteiger partial charge is 0.508 e. The van der Waals surface area contributed by atoms with E-state index in [2.05, 4.69) is 33.5 Å². The fourth-order valence-corrected chi connectivity index (χ4v) is 10.3. The highest BCUT2D eigenvalue weighted by atomic mass is 16.5. The van der Waals surface area contributed by atoms with Crippen LogP contribution in [0.3, 0.4) is 0 Å². The van der Waals surface area contributed by atoms with Crippen molar-refractivity contribution in [1.82, 2.24) is 36.4 Å². The lowest BCUT2D eigenvalue weighted by Gasteiger charge is -2.32. The van der Waals surface area contributed by atoms with Crippen LogP contribution in [-0.4, -0.2) is 143 Å². The van der Waals surface area contributed by atoms with Crippen LogP contribution in [0.4, 0.5) is 0 Å². The number of ether oxygens (including phenoxy) is 1. The number of nitrogens with zero attached hydrogens (tertiary/aromatic N) is 2. The quantitative estimate of drug-likeness (QED) is 0.0683. The zero-order valence-corrected chi connectivity index (χ0v) is 44.8. The third-order valence-corrected chi connectivity index (χ3v) is 14.8. The van der Waals surface area contributed by atoms with Gasteiger partial charge in [-0.3, -0.25) is 33.6 Å². The van der Waals surface area contributed by atoms with Crippen LogP contribution >= 0.6 is 0 Å². The molecule has 7 amide bonds. The molecule has 0 aromatic heterocycles. The van der Waals surface area contributed by atoms with Crippen molar-refractivity contribution < 1.29 is 48.5 Å². The van der Waals surface area contributed by atoms with Gasteiger partial charge in [-0.1, -0.05) is 86.8 Å². The minimum absolute atomic E-state index is 0.0158. The van der Waals surface area contributed by atoms with Gasteiger partial charge in [-0.2, -0.15) is 0 Å². The molecule has 0 bridgehead atoms. The van der Waals surface area contributed by atoms with Crippen molar-refractivity contribution >= 4 is 41.4 Å². The highest BCUT2D eigenvalue weighted by molar-refractivity contribution is 6.00. The van der Waals surface area contributed by atoms with Gasteiger partial charge >= 0.3 is 0 Å². The first-order valence-corrected chi connectivity index (χ1v) is 27.6. The molecule has 19 heteroatoms. The molecule has 418 valence electrons. The summed E-state index contributed by atoms with van der Waals surface area (Å²) in [6.07, 6.45) is 4.83. The van der Waals surface area contributed by atoms with E-state index in [0.717, 1.165) is 46.4 Å². The maximum absolute atomic E-state index is 14.4. The molecule has 3 heterocycles. The van der Waals surface area contributed by atoms with Crippen LogP contribution in [0.25, 0.3) is 22.3 Å². The minimum atomic E-state index is -1.54. The van der Waals surface area contributed by atoms with E-state index >= 15 is 0 Å². The molecule has 3 aliphatic heterocycles. The Bertz CT molecular complexity index is 2670. The van der Waals surface area contributed by atoms with Crippen molar-refractivity contribution in [3.8, 4) is 33.8 Å². The number of benzene rings is 4. The molecule has 4 aromatic rings. The summed E-state index contributed by atoms with van der Waals surface area (Å²) < 4.78 is 5.91. The number of nitrogens with one attached hydrogen (secondary N) is 5. The minimum Gasteiger partial charge on any atom is -0.508 e. The molecule has 0 saturated carbocycles. The van der Waals surface area contributed by atoms with Gasteiger partial charge < -0.3 is 62.8 Å². The summed E-state index contributed by atoms with van der Waals surface area (Å²) in [6.45, 7) is 4.59. The smallest absolute Gasteiger partial charge is 0.251 e. The monoisotopic (exact) mass is 1070 g/mol. The Balaban J connectivity index is 1.09. The number of aromatic hydroxyl groups is 1. The van der Waals surface area contributed by atoms with E-state index in [4.69, 9.17) is 16.2 Å².